The molecule has 0 saturated heterocycles. The number of ether oxygens (including phenoxy) is 1. The second-order valence-electron chi connectivity index (χ2n) is 7.87. The Morgan fingerprint density at radius 1 is 0.875 bits per heavy atom. The molecule has 3 aromatic carbocycles. The smallest absolute Gasteiger partial charge is 0.262 e. The van der Waals surface area contributed by atoms with Crippen LogP contribution in [0.2, 0.25) is 0 Å². The van der Waals surface area contributed by atoms with Gasteiger partial charge in [-0.1, -0.05) is 62.4 Å². The number of hydrogen-bond acceptors (Lipinski definition) is 3. The lowest BCUT2D eigenvalue weighted by molar-refractivity contribution is -0.118. The van der Waals surface area contributed by atoms with E-state index in [1.807, 2.05) is 61.5 Å². The minimum atomic E-state index is -0.251. The van der Waals surface area contributed by atoms with E-state index < -0.39 is 0 Å². The van der Waals surface area contributed by atoms with Crippen LogP contribution in [-0.4, -0.2) is 18.4 Å². The minimum absolute atomic E-state index is 0.0791. The highest BCUT2D eigenvalue weighted by Crippen LogP contribution is 2.28. The van der Waals surface area contributed by atoms with Crippen LogP contribution in [0.3, 0.4) is 0 Å². The van der Waals surface area contributed by atoms with Crippen molar-refractivity contribution >= 4 is 17.5 Å². The van der Waals surface area contributed by atoms with Gasteiger partial charge in [-0.25, -0.2) is 0 Å². The van der Waals surface area contributed by atoms with Crippen molar-refractivity contribution in [1.82, 2.24) is 5.32 Å². The summed E-state index contributed by atoms with van der Waals surface area (Å²) < 4.78 is 5.77. The maximum atomic E-state index is 12.5. The SMILES string of the molecule is CCC(C)c1ccccc1OCC(=O)Nc1ccc(C(=O)NC(C)c2ccccc2)cc1. The van der Waals surface area contributed by atoms with Gasteiger partial charge < -0.3 is 15.4 Å². The molecule has 0 radical (unpaired) electrons. The number of rotatable bonds is 9. The number of benzene rings is 3. The zero-order valence-electron chi connectivity index (χ0n) is 18.8. The molecule has 0 saturated carbocycles. The van der Waals surface area contributed by atoms with Gasteiger partial charge in [0.25, 0.3) is 11.8 Å². The molecule has 0 fully saturated rings. The number of carbonyl (C=O) groups is 2. The lowest BCUT2D eigenvalue weighted by Crippen LogP contribution is -2.26. The molecule has 0 aliphatic carbocycles. The molecule has 3 aromatic rings. The maximum Gasteiger partial charge on any atom is 0.262 e. The summed E-state index contributed by atoms with van der Waals surface area (Å²) in [6.45, 7) is 6.13. The summed E-state index contributed by atoms with van der Waals surface area (Å²) in [5, 5.41) is 5.80. The van der Waals surface area contributed by atoms with Gasteiger partial charge in [-0.2, -0.15) is 0 Å². The fourth-order valence-corrected chi connectivity index (χ4v) is 3.39. The number of amides is 2. The van der Waals surface area contributed by atoms with E-state index in [0.717, 1.165) is 23.3 Å². The van der Waals surface area contributed by atoms with Gasteiger partial charge in [0.1, 0.15) is 5.75 Å². The van der Waals surface area contributed by atoms with E-state index in [9.17, 15) is 9.59 Å². The molecular weight excluding hydrogens is 400 g/mol. The predicted octanol–water partition coefficient (Wildman–Crippen LogP) is 5.71. The molecule has 0 aliphatic rings. The van der Waals surface area contributed by atoms with E-state index in [2.05, 4.69) is 24.5 Å². The summed E-state index contributed by atoms with van der Waals surface area (Å²) >= 11 is 0. The highest BCUT2D eigenvalue weighted by molar-refractivity contribution is 5.96. The first-order chi connectivity index (χ1) is 15.5. The molecule has 5 heteroatoms. The Hall–Kier alpha value is -3.60. The summed E-state index contributed by atoms with van der Waals surface area (Å²) in [7, 11) is 0. The lowest BCUT2D eigenvalue weighted by atomic mass is 9.98. The van der Waals surface area contributed by atoms with Gasteiger partial charge in [0.2, 0.25) is 0 Å². The molecule has 5 nitrogen and oxygen atoms in total. The monoisotopic (exact) mass is 430 g/mol. The van der Waals surface area contributed by atoms with Crippen LogP contribution in [0.5, 0.6) is 5.75 Å². The Labute approximate surface area is 189 Å². The normalized spacial score (nSPS) is 12.5. The predicted molar refractivity (Wildman–Crippen MR) is 128 cm³/mol. The Morgan fingerprint density at radius 2 is 1.53 bits per heavy atom. The first-order valence-corrected chi connectivity index (χ1v) is 11.0. The second kappa shape index (κ2) is 11.1. The van der Waals surface area contributed by atoms with Crippen LogP contribution in [0.15, 0.2) is 78.9 Å². The summed E-state index contributed by atoms with van der Waals surface area (Å²) in [5.41, 5.74) is 3.29. The van der Waals surface area contributed by atoms with Crippen molar-refractivity contribution in [1.29, 1.82) is 0 Å². The molecule has 2 unspecified atom stereocenters. The van der Waals surface area contributed by atoms with E-state index in [1.165, 1.54) is 0 Å². The first-order valence-electron chi connectivity index (χ1n) is 11.0. The highest BCUT2D eigenvalue weighted by atomic mass is 16.5. The third-order valence-electron chi connectivity index (χ3n) is 5.50. The van der Waals surface area contributed by atoms with Crippen LogP contribution in [0.25, 0.3) is 0 Å². The molecule has 2 amide bonds. The Morgan fingerprint density at radius 3 is 2.22 bits per heavy atom. The molecule has 3 rings (SSSR count). The van der Waals surface area contributed by atoms with E-state index in [1.54, 1.807) is 24.3 Å². The van der Waals surface area contributed by atoms with Crippen LogP contribution < -0.4 is 15.4 Å². The van der Waals surface area contributed by atoms with Gasteiger partial charge in [0.15, 0.2) is 6.61 Å². The van der Waals surface area contributed by atoms with E-state index in [4.69, 9.17) is 4.74 Å². The van der Waals surface area contributed by atoms with Crippen molar-refractivity contribution in [3.63, 3.8) is 0 Å². The third-order valence-corrected chi connectivity index (χ3v) is 5.50. The van der Waals surface area contributed by atoms with E-state index in [-0.39, 0.29) is 24.5 Å². The summed E-state index contributed by atoms with van der Waals surface area (Å²) in [6.07, 6.45) is 0.997. The maximum absolute atomic E-state index is 12.5. The number of para-hydroxylation sites is 1. The van der Waals surface area contributed by atoms with E-state index in [0.29, 0.717) is 17.2 Å². The Bertz CT molecular complexity index is 1030. The van der Waals surface area contributed by atoms with Crippen molar-refractivity contribution in [2.24, 2.45) is 0 Å². The molecule has 0 aromatic heterocycles. The van der Waals surface area contributed by atoms with Gasteiger partial charge in [0, 0.05) is 11.3 Å². The average Bonchev–Trinajstić information content (AvgIpc) is 2.83. The second-order valence-corrected chi connectivity index (χ2v) is 7.87. The molecule has 2 atom stereocenters. The zero-order valence-corrected chi connectivity index (χ0v) is 18.8. The molecule has 0 spiro atoms. The number of hydrogen-bond donors (Lipinski definition) is 2. The quantitative estimate of drug-likeness (QED) is 0.457. The summed E-state index contributed by atoms with van der Waals surface area (Å²) in [6, 6.07) is 24.3. The summed E-state index contributed by atoms with van der Waals surface area (Å²) in [4.78, 5) is 24.9. The van der Waals surface area contributed by atoms with Crippen molar-refractivity contribution in [2.45, 2.75) is 39.2 Å². The van der Waals surface area contributed by atoms with Crippen molar-refractivity contribution in [3.05, 3.63) is 95.6 Å². The zero-order chi connectivity index (χ0) is 22.9. The highest BCUT2D eigenvalue weighted by Gasteiger charge is 2.13. The standard InChI is InChI=1S/C27H30N2O3/c1-4-19(2)24-12-8-9-13-25(24)32-18-26(30)29-23-16-14-22(15-17-23)27(31)28-20(3)21-10-6-5-7-11-21/h5-17,19-20H,4,18H2,1-3H3,(H,28,31)(H,29,30). The molecule has 2 N–H and O–H groups in total. The van der Waals surface area contributed by atoms with Crippen molar-refractivity contribution in [2.75, 3.05) is 11.9 Å². The van der Waals surface area contributed by atoms with Crippen LogP contribution in [-0.2, 0) is 4.79 Å². The average molecular weight is 431 g/mol. The van der Waals surface area contributed by atoms with Gasteiger partial charge in [-0.05, 0) is 60.7 Å². The number of anilines is 1. The van der Waals surface area contributed by atoms with Gasteiger partial charge in [-0.15, -0.1) is 0 Å². The summed E-state index contributed by atoms with van der Waals surface area (Å²) in [5.74, 6) is 0.678. The van der Waals surface area contributed by atoms with Gasteiger partial charge in [-0.3, -0.25) is 9.59 Å². The Balaban J connectivity index is 1.53. The fourth-order valence-electron chi connectivity index (χ4n) is 3.39. The lowest BCUT2D eigenvalue weighted by Gasteiger charge is -2.16. The molecular formula is C27H30N2O3. The van der Waals surface area contributed by atoms with Crippen LogP contribution in [0, 0.1) is 0 Å². The largest absolute Gasteiger partial charge is 0.483 e. The first kappa shape index (κ1) is 23.1. The van der Waals surface area contributed by atoms with E-state index >= 15 is 0 Å². The molecule has 166 valence electrons. The molecule has 0 aliphatic heterocycles. The van der Waals surface area contributed by atoms with Gasteiger partial charge in [0.05, 0.1) is 6.04 Å². The van der Waals surface area contributed by atoms with Crippen LogP contribution >= 0.6 is 0 Å². The third kappa shape index (κ3) is 6.20. The number of carbonyl (C=O) groups excluding carboxylic acids is 2. The molecule has 32 heavy (non-hydrogen) atoms. The molecule has 0 bridgehead atoms. The fraction of sp³-hybridized carbons (Fsp3) is 0.259. The van der Waals surface area contributed by atoms with Crippen molar-refractivity contribution < 1.29 is 14.3 Å². The molecule has 0 heterocycles. The topological polar surface area (TPSA) is 67.4 Å². The van der Waals surface area contributed by atoms with Crippen LogP contribution in [0.1, 0.15) is 60.6 Å². The minimum Gasteiger partial charge on any atom is -0.483 e. The number of nitrogens with one attached hydrogen (secondary N) is 2. The Kier molecular flexibility index (Phi) is 8.03. The van der Waals surface area contributed by atoms with Gasteiger partial charge >= 0.3 is 0 Å². The van der Waals surface area contributed by atoms with Crippen LogP contribution in [0.4, 0.5) is 5.69 Å². The van der Waals surface area contributed by atoms with Crippen molar-refractivity contribution in [3.8, 4) is 5.75 Å².